The van der Waals surface area contributed by atoms with Crippen molar-refractivity contribution < 1.29 is 14.5 Å². The highest BCUT2D eigenvalue weighted by Gasteiger charge is 2.15. The number of carbonyl (C=O) groups excluding carboxylic acids is 1. The maximum Gasteiger partial charge on any atom is 0.272 e. The number of anilines is 1. The number of nitro benzene ring substituents is 1. The van der Waals surface area contributed by atoms with E-state index in [0.717, 1.165) is 0 Å². The predicted molar refractivity (Wildman–Crippen MR) is 90.4 cm³/mol. The lowest BCUT2D eigenvalue weighted by molar-refractivity contribution is -0.385. The molecule has 1 amide bonds. The molecule has 0 saturated carbocycles. The molecule has 8 nitrogen and oxygen atoms in total. The highest BCUT2D eigenvalue weighted by Crippen LogP contribution is 2.23. The average molecular weight is 340 g/mol. The second-order valence-corrected chi connectivity index (χ2v) is 5.17. The molecule has 2 aromatic rings. The van der Waals surface area contributed by atoms with E-state index in [1.54, 1.807) is 19.1 Å². The highest BCUT2D eigenvalue weighted by atomic mass is 16.6. The number of carbonyl (C=O) groups is 1. The van der Waals surface area contributed by atoms with Gasteiger partial charge in [-0.15, -0.1) is 0 Å². The van der Waals surface area contributed by atoms with E-state index in [1.165, 1.54) is 24.4 Å². The third kappa shape index (κ3) is 4.75. The van der Waals surface area contributed by atoms with Crippen LogP contribution in [-0.4, -0.2) is 22.4 Å². The zero-order valence-corrected chi connectivity index (χ0v) is 13.6. The number of nitro groups is 1. The molecule has 0 unspecified atom stereocenters. The smallest absolute Gasteiger partial charge is 0.272 e. The standard InChI is InChI=1S/C17H16N4O4/c1-12-11-13(6-7-14(12)21(23)24)17(22)20-16-15(5-4-9-19-16)25-10-3-2-8-18/h4-7,9,11H,2-3,10H2,1H3,(H,19,20,22). The Morgan fingerprint density at radius 3 is 2.92 bits per heavy atom. The Kier molecular flexibility index (Phi) is 6.01. The van der Waals surface area contributed by atoms with Crippen LogP contribution in [0.5, 0.6) is 5.75 Å². The molecule has 0 radical (unpaired) electrons. The number of hydrogen-bond acceptors (Lipinski definition) is 6. The summed E-state index contributed by atoms with van der Waals surface area (Å²) in [5.41, 5.74) is 0.631. The van der Waals surface area contributed by atoms with Gasteiger partial charge in [-0.1, -0.05) is 0 Å². The molecule has 2 rings (SSSR count). The number of amides is 1. The van der Waals surface area contributed by atoms with Gasteiger partial charge in [0.1, 0.15) is 0 Å². The van der Waals surface area contributed by atoms with Crippen molar-refractivity contribution in [3.05, 3.63) is 57.8 Å². The Labute approximate surface area is 144 Å². The molecule has 128 valence electrons. The largest absolute Gasteiger partial charge is 0.490 e. The zero-order chi connectivity index (χ0) is 18.2. The number of unbranched alkanes of at least 4 members (excludes halogenated alkanes) is 1. The molecule has 0 bridgehead atoms. The maximum atomic E-state index is 12.4. The average Bonchev–Trinajstić information content (AvgIpc) is 2.59. The summed E-state index contributed by atoms with van der Waals surface area (Å²) in [6, 6.07) is 9.49. The predicted octanol–water partition coefficient (Wildman–Crippen LogP) is 3.23. The lowest BCUT2D eigenvalue weighted by Crippen LogP contribution is -2.14. The Morgan fingerprint density at radius 1 is 1.44 bits per heavy atom. The summed E-state index contributed by atoms with van der Waals surface area (Å²) in [4.78, 5) is 26.8. The van der Waals surface area contributed by atoms with Crippen LogP contribution in [0.4, 0.5) is 11.5 Å². The SMILES string of the molecule is Cc1cc(C(=O)Nc2ncccc2OCCCC#N)ccc1[N+](=O)[O-]. The van der Waals surface area contributed by atoms with Crippen LogP contribution in [0, 0.1) is 28.4 Å². The first-order valence-corrected chi connectivity index (χ1v) is 7.54. The third-order valence-electron chi connectivity index (χ3n) is 3.35. The fourth-order valence-corrected chi connectivity index (χ4v) is 2.12. The van der Waals surface area contributed by atoms with E-state index in [0.29, 0.717) is 30.8 Å². The van der Waals surface area contributed by atoms with Crippen LogP contribution in [-0.2, 0) is 0 Å². The van der Waals surface area contributed by atoms with Gasteiger partial charge in [0.15, 0.2) is 11.6 Å². The van der Waals surface area contributed by atoms with Crippen molar-refractivity contribution in [2.24, 2.45) is 0 Å². The van der Waals surface area contributed by atoms with E-state index >= 15 is 0 Å². The summed E-state index contributed by atoms with van der Waals surface area (Å²) in [5.74, 6) is 0.200. The third-order valence-corrected chi connectivity index (χ3v) is 3.35. The summed E-state index contributed by atoms with van der Waals surface area (Å²) in [6.07, 6.45) is 2.46. The molecule has 0 fully saturated rings. The van der Waals surface area contributed by atoms with E-state index < -0.39 is 10.8 Å². The molecular weight excluding hydrogens is 324 g/mol. The van der Waals surface area contributed by atoms with Gasteiger partial charge < -0.3 is 10.1 Å². The molecule has 1 aromatic carbocycles. The number of nitriles is 1. The Hall–Kier alpha value is -3.47. The molecule has 1 aromatic heterocycles. The minimum atomic E-state index is -0.497. The molecule has 8 heteroatoms. The van der Waals surface area contributed by atoms with Crippen LogP contribution in [0.1, 0.15) is 28.8 Å². The summed E-state index contributed by atoms with van der Waals surface area (Å²) in [6.45, 7) is 1.90. The summed E-state index contributed by atoms with van der Waals surface area (Å²) < 4.78 is 5.53. The van der Waals surface area contributed by atoms with Crippen molar-refractivity contribution in [2.75, 3.05) is 11.9 Å². The molecule has 0 saturated heterocycles. The summed E-state index contributed by atoms with van der Waals surface area (Å²) in [7, 11) is 0. The molecule has 0 aliphatic carbocycles. The van der Waals surface area contributed by atoms with Crippen LogP contribution in [0.3, 0.4) is 0 Å². The van der Waals surface area contributed by atoms with Gasteiger partial charge in [-0.05, 0) is 37.6 Å². The Balaban J connectivity index is 2.11. The van der Waals surface area contributed by atoms with Crippen LogP contribution >= 0.6 is 0 Å². The van der Waals surface area contributed by atoms with Gasteiger partial charge in [0, 0.05) is 29.8 Å². The number of nitrogens with zero attached hydrogens (tertiary/aromatic N) is 3. The molecule has 25 heavy (non-hydrogen) atoms. The second kappa shape index (κ2) is 8.40. The normalized spacial score (nSPS) is 9.92. The molecular formula is C17H16N4O4. The number of pyridine rings is 1. The van der Waals surface area contributed by atoms with Crippen LogP contribution < -0.4 is 10.1 Å². The number of hydrogen-bond donors (Lipinski definition) is 1. The Bertz CT molecular complexity index is 830. The van der Waals surface area contributed by atoms with E-state index in [-0.39, 0.29) is 17.1 Å². The van der Waals surface area contributed by atoms with E-state index in [1.807, 2.05) is 6.07 Å². The Morgan fingerprint density at radius 2 is 2.24 bits per heavy atom. The molecule has 0 atom stereocenters. The maximum absolute atomic E-state index is 12.4. The fraction of sp³-hybridized carbons (Fsp3) is 0.235. The first kappa shape index (κ1) is 17.9. The topological polar surface area (TPSA) is 118 Å². The number of rotatable bonds is 7. The highest BCUT2D eigenvalue weighted by molar-refractivity contribution is 6.04. The van der Waals surface area contributed by atoms with Gasteiger partial charge in [-0.2, -0.15) is 5.26 Å². The van der Waals surface area contributed by atoms with Gasteiger partial charge in [0.2, 0.25) is 0 Å². The monoisotopic (exact) mass is 340 g/mol. The number of aryl methyl sites for hydroxylation is 1. The fourth-order valence-electron chi connectivity index (χ4n) is 2.12. The molecule has 0 aliphatic heterocycles. The molecule has 1 N–H and O–H groups in total. The minimum Gasteiger partial charge on any atom is -0.490 e. The van der Waals surface area contributed by atoms with Crippen molar-refractivity contribution in [3.8, 4) is 11.8 Å². The minimum absolute atomic E-state index is 0.0455. The van der Waals surface area contributed by atoms with E-state index in [2.05, 4.69) is 10.3 Å². The van der Waals surface area contributed by atoms with Gasteiger partial charge in [-0.25, -0.2) is 4.98 Å². The van der Waals surface area contributed by atoms with Crippen LogP contribution in [0.2, 0.25) is 0 Å². The van der Waals surface area contributed by atoms with Crippen molar-refractivity contribution in [3.63, 3.8) is 0 Å². The van der Waals surface area contributed by atoms with Crippen LogP contribution in [0.15, 0.2) is 36.5 Å². The van der Waals surface area contributed by atoms with Crippen molar-refractivity contribution in [1.82, 2.24) is 4.98 Å². The number of ether oxygens (including phenoxy) is 1. The van der Waals surface area contributed by atoms with Crippen molar-refractivity contribution in [1.29, 1.82) is 5.26 Å². The van der Waals surface area contributed by atoms with Crippen LogP contribution in [0.25, 0.3) is 0 Å². The second-order valence-electron chi connectivity index (χ2n) is 5.17. The quantitative estimate of drug-likeness (QED) is 0.469. The number of aromatic nitrogens is 1. The molecule has 1 heterocycles. The molecule has 0 aliphatic rings. The number of benzene rings is 1. The van der Waals surface area contributed by atoms with Gasteiger partial charge in [0.25, 0.3) is 11.6 Å². The number of nitrogens with one attached hydrogen (secondary N) is 1. The van der Waals surface area contributed by atoms with Crippen molar-refractivity contribution >= 4 is 17.4 Å². The lowest BCUT2D eigenvalue weighted by atomic mass is 10.1. The van der Waals surface area contributed by atoms with Gasteiger partial charge >= 0.3 is 0 Å². The first-order chi connectivity index (χ1) is 12.0. The lowest BCUT2D eigenvalue weighted by Gasteiger charge is -2.11. The van der Waals surface area contributed by atoms with Crippen molar-refractivity contribution in [2.45, 2.75) is 19.8 Å². The zero-order valence-electron chi connectivity index (χ0n) is 13.6. The summed E-state index contributed by atoms with van der Waals surface area (Å²) >= 11 is 0. The first-order valence-electron chi connectivity index (χ1n) is 7.54. The van der Waals surface area contributed by atoms with Gasteiger partial charge in [-0.3, -0.25) is 14.9 Å². The summed E-state index contributed by atoms with van der Waals surface area (Å²) in [5, 5.41) is 22.0. The van der Waals surface area contributed by atoms with Gasteiger partial charge in [0.05, 0.1) is 17.6 Å². The molecule has 0 spiro atoms. The van der Waals surface area contributed by atoms with E-state index in [4.69, 9.17) is 10.00 Å². The van der Waals surface area contributed by atoms with E-state index in [9.17, 15) is 14.9 Å².